The number of rotatable bonds is 45. The van der Waals surface area contributed by atoms with Gasteiger partial charge in [-0.1, -0.05) is 212 Å². The number of carbonyl (C=O) groups is 1. The van der Waals surface area contributed by atoms with Crippen LogP contribution in [0.2, 0.25) is 0 Å². The number of carbonyl (C=O) groups excluding carboxylic acids is 1. The molecular weight excluding hydrogens is 836 g/mol. The highest BCUT2D eigenvalue weighted by Gasteiger charge is 2.51. The van der Waals surface area contributed by atoms with Crippen LogP contribution >= 0.6 is 7.82 Å². The molecule has 1 aliphatic rings. The first-order valence-electron chi connectivity index (χ1n) is 26.2. The molecule has 6 unspecified atom stereocenters. The molecular formula is C51H97O12P. The van der Waals surface area contributed by atoms with Crippen molar-refractivity contribution in [1.82, 2.24) is 0 Å². The van der Waals surface area contributed by atoms with E-state index < -0.39 is 63.1 Å². The van der Waals surface area contributed by atoms with Crippen LogP contribution in [0.4, 0.5) is 0 Å². The Morgan fingerprint density at radius 1 is 0.500 bits per heavy atom. The molecule has 1 aliphatic carbocycles. The van der Waals surface area contributed by atoms with E-state index in [9.17, 15) is 39.8 Å². The van der Waals surface area contributed by atoms with Crippen molar-refractivity contribution in [3.63, 3.8) is 0 Å². The number of aliphatic hydroxyl groups is 5. The first-order chi connectivity index (χ1) is 31.0. The predicted octanol–water partition coefficient (Wildman–Crippen LogP) is 11.7. The van der Waals surface area contributed by atoms with Gasteiger partial charge < -0.3 is 39.9 Å². The van der Waals surface area contributed by atoms with Crippen LogP contribution in [-0.4, -0.2) is 98.9 Å². The third kappa shape index (κ3) is 33.3. The second-order valence-corrected chi connectivity index (χ2v) is 19.8. The fourth-order valence-electron chi connectivity index (χ4n) is 8.16. The number of hydrogen-bond donors (Lipinski definition) is 6. The molecule has 0 saturated heterocycles. The summed E-state index contributed by atoms with van der Waals surface area (Å²) in [6.45, 7) is 4.21. The Kier molecular flexibility index (Phi) is 39.9. The van der Waals surface area contributed by atoms with Gasteiger partial charge in [0, 0.05) is 13.0 Å². The molecule has 1 rings (SSSR count). The molecule has 12 nitrogen and oxygen atoms in total. The number of unbranched alkanes of at least 4 members (excludes halogenated alkanes) is 29. The van der Waals surface area contributed by atoms with Crippen molar-refractivity contribution < 1.29 is 58.3 Å². The van der Waals surface area contributed by atoms with Gasteiger partial charge in [-0.25, -0.2) is 4.57 Å². The zero-order chi connectivity index (χ0) is 46.9. The Balaban J connectivity index is 2.27. The van der Waals surface area contributed by atoms with Gasteiger partial charge in [0.25, 0.3) is 0 Å². The third-order valence-corrected chi connectivity index (χ3v) is 13.3. The largest absolute Gasteiger partial charge is 0.472 e. The van der Waals surface area contributed by atoms with Gasteiger partial charge >= 0.3 is 13.8 Å². The van der Waals surface area contributed by atoms with Gasteiger partial charge in [-0.05, 0) is 38.5 Å². The van der Waals surface area contributed by atoms with Crippen molar-refractivity contribution >= 4 is 13.8 Å². The average molecular weight is 933 g/mol. The topological polar surface area (TPSA) is 192 Å². The molecule has 6 N–H and O–H groups in total. The Morgan fingerprint density at radius 3 is 1.38 bits per heavy atom. The van der Waals surface area contributed by atoms with Gasteiger partial charge in [0.2, 0.25) is 0 Å². The minimum Gasteiger partial charge on any atom is -0.457 e. The molecule has 0 bridgehead atoms. The van der Waals surface area contributed by atoms with Crippen molar-refractivity contribution in [3.8, 4) is 0 Å². The van der Waals surface area contributed by atoms with E-state index in [1.54, 1.807) is 0 Å². The van der Waals surface area contributed by atoms with E-state index in [0.717, 1.165) is 70.6 Å². The summed E-state index contributed by atoms with van der Waals surface area (Å²) in [4.78, 5) is 23.2. The maximum Gasteiger partial charge on any atom is 0.472 e. The SMILES string of the molecule is CCC/C=C\C/C=C\CCCCCCCC(=O)OC(COCCCCCCCCCCCCCCCCCCCCCCCCCC)COP(=O)(O)OC1C(O)C(O)C(O)C(O)C1O. The first-order valence-corrected chi connectivity index (χ1v) is 27.7. The highest BCUT2D eigenvalue weighted by atomic mass is 31.2. The monoisotopic (exact) mass is 933 g/mol. The molecule has 1 fully saturated rings. The standard InChI is InChI=1S/C51H97O12P/c1-3-5-7-9-11-13-15-17-18-19-20-21-22-23-24-25-26-27-29-31-33-35-37-39-41-60-42-44(43-61-64(58,59)63-51-49(56)47(54)46(53)48(55)50(51)57)62-45(52)40-38-36-34-32-30-28-16-14-12-10-8-6-4-2/h8,10,14,16,44,46-51,53-57H,3-7,9,11-13,15,17-43H2,1-2H3,(H,58,59)/b10-8-,16-14-. The molecule has 378 valence electrons. The van der Waals surface area contributed by atoms with Crippen LogP contribution < -0.4 is 0 Å². The Morgan fingerprint density at radius 2 is 0.906 bits per heavy atom. The molecule has 0 aliphatic heterocycles. The van der Waals surface area contributed by atoms with E-state index >= 15 is 0 Å². The maximum absolute atomic E-state index is 12.8. The van der Waals surface area contributed by atoms with Crippen molar-refractivity contribution in [1.29, 1.82) is 0 Å². The first kappa shape index (κ1) is 60.8. The van der Waals surface area contributed by atoms with Crippen LogP contribution in [0.15, 0.2) is 24.3 Å². The third-order valence-electron chi connectivity index (χ3n) is 12.3. The van der Waals surface area contributed by atoms with E-state index in [0.29, 0.717) is 13.0 Å². The summed E-state index contributed by atoms with van der Waals surface area (Å²) in [6, 6.07) is 0. The highest BCUT2D eigenvalue weighted by molar-refractivity contribution is 7.47. The number of phosphoric ester groups is 1. The smallest absolute Gasteiger partial charge is 0.457 e. The fraction of sp³-hybridized carbons (Fsp3) is 0.902. The lowest BCUT2D eigenvalue weighted by Crippen LogP contribution is -2.64. The molecule has 0 amide bonds. The molecule has 0 spiro atoms. The highest BCUT2D eigenvalue weighted by Crippen LogP contribution is 2.47. The van der Waals surface area contributed by atoms with Crippen LogP contribution in [0.3, 0.4) is 0 Å². The van der Waals surface area contributed by atoms with Crippen molar-refractivity contribution in [2.45, 2.75) is 275 Å². The molecule has 64 heavy (non-hydrogen) atoms. The average Bonchev–Trinajstić information content (AvgIpc) is 3.28. The van der Waals surface area contributed by atoms with Gasteiger partial charge in [0.15, 0.2) is 0 Å². The lowest BCUT2D eigenvalue weighted by atomic mass is 9.85. The van der Waals surface area contributed by atoms with Crippen molar-refractivity contribution in [2.24, 2.45) is 0 Å². The van der Waals surface area contributed by atoms with Crippen LogP contribution in [0.25, 0.3) is 0 Å². The second kappa shape index (κ2) is 42.0. The van der Waals surface area contributed by atoms with Gasteiger partial charge in [-0.3, -0.25) is 13.8 Å². The normalized spacial score (nSPS) is 21.8. The van der Waals surface area contributed by atoms with Crippen LogP contribution in [0, 0.1) is 0 Å². The number of ether oxygens (including phenoxy) is 2. The summed E-state index contributed by atoms with van der Waals surface area (Å²) in [5.74, 6) is -0.488. The second-order valence-electron chi connectivity index (χ2n) is 18.4. The lowest BCUT2D eigenvalue weighted by molar-refractivity contribution is -0.220. The zero-order valence-electron chi connectivity index (χ0n) is 40.6. The lowest BCUT2D eigenvalue weighted by Gasteiger charge is -2.41. The molecule has 6 atom stereocenters. The van der Waals surface area contributed by atoms with Crippen LogP contribution in [0.1, 0.15) is 232 Å². The van der Waals surface area contributed by atoms with Gasteiger partial charge in [-0.15, -0.1) is 0 Å². The van der Waals surface area contributed by atoms with E-state index in [1.165, 1.54) is 135 Å². The van der Waals surface area contributed by atoms with Crippen molar-refractivity contribution in [2.75, 3.05) is 19.8 Å². The van der Waals surface area contributed by atoms with Crippen LogP contribution in [-0.2, 0) is 27.9 Å². The molecule has 1 saturated carbocycles. The van der Waals surface area contributed by atoms with Crippen LogP contribution in [0.5, 0.6) is 0 Å². The molecule has 0 aromatic heterocycles. The predicted molar refractivity (Wildman–Crippen MR) is 258 cm³/mol. The Hall–Kier alpha value is -1.18. The summed E-state index contributed by atoms with van der Waals surface area (Å²) in [7, 11) is -5.02. The number of allylic oxidation sites excluding steroid dienone is 4. The summed E-state index contributed by atoms with van der Waals surface area (Å²) in [5, 5.41) is 50.3. The van der Waals surface area contributed by atoms with E-state index in [1.807, 2.05) is 0 Å². The van der Waals surface area contributed by atoms with E-state index in [-0.39, 0.29) is 13.0 Å². The number of aliphatic hydroxyl groups excluding tert-OH is 5. The summed E-state index contributed by atoms with van der Waals surface area (Å²) in [6.07, 6.45) is 36.9. The van der Waals surface area contributed by atoms with Gasteiger partial charge in [0.1, 0.15) is 42.7 Å². The summed E-state index contributed by atoms with van der Waals surface area (Å²) in [5.41, 5.74) is 0. The zero-order valence-corrected chi connectivity index (χ0v) is 41.5. The Bertz CT molecular complexity index is 1150. The molecule has 0 heterocycles. The molecule has 0 aromatic carbocycles. The minimum absolute atomic E-state index is 0.0781. The van der Waals surface area contributed by atoms with E-state index in [4.69, 9.17) is 18.5 Å². The molecule has 0 radical (unpaired) electrons. The summed E-state index contributed by atoms with van der Waals surface area (Å²) < 4.78 is 34.3. The quantitative estimate of drug-likeness (QED) is 0.0147. The molecule has 13 heteroatoms. The Labute approximate surface area is 390 Å². The molecule has 0 aromatic rings. The minimum atomic E-state index is -5.02. The van der Waals surface area contributed by atoms with Gasteiger partial charge in [-0.2, -0.15) is 0 Å². The van der Waals surface area contributed by atoms with Gasteiger partial charge in [0.05, 0.1) is 13.2 Å². The number of esters is 1. The van der Waals surface area contributed by atoms with Crippen molar-refractivity contribution in [3.05, 3.63) is 24.3 Å². The van der Waals surface area contributed by atoms with E-state index in [2.05, 4.69) is 38.2 Å². The fourth-order valence-corrected chi connectivity index (χ4v) is 9.13. The maximum atomic E-state index is 12.8. The summed E-state index contributed by atoms with van der Waals surface area (Å²) >= 11 is 0. The number of hydrogen-bond acceptors (Lipinski definition) is 11. The number of phosphoric acid groups is 1.